The van der Waals surface area contributed by atoms with Gasteiger partial charge in [0.15, 0.2) is 11.5 Å². The molecule has 6 heteroatoms. The first-order valence-corrected chi connectivity index (χ1v) is 12.2. The van der Waals surface area contributed by atoms with E-state index in [0.717, 1.165) is 60.7 Å². The zero-order chi connectivity index (χ0) is 22.6. The van der Waals surface area contributed by atoms with E-state index in [1.807, 2.05) is 30.3 Å². The van der Waals surface area contributed by atoms with Crippen LogP contribution in [0.2, 0.25) is 0 Å². The van der Waals surface area contributed by atoms with E-state index in [4.69, 9.17) is 14.5 Å². The lowest BCUT2D eigenvalue weighted by molar-refractivity contribution is -0.130. The minimum Gasteiger partial charge on any atom is -0.493 e. The molecule has 0 radical (unpaired) electrons. The van der Waals surface area contributed by atoms with Crippen LogP contribution in [0.1, 0.15) is 56.7 Å². The summed E-state index contributed by atoms with van der Waals surface area (Å²) in [4.78, 5) is 20.1. The Hall–Kier alpha value is -3.02. The Morgan fingerprint density at radius 2 is 1.76 bits per heavy atom. The van der Waals surface area contributed by atoms with Crippen molar-refractivity contribution in [3.05, 3.63) is 54.4 Å². The maximum atomic E-state index is 12.9. The van der Waals surface area contributed by atoms with Gasteiger partial charge in [0.05, 0.1) is 24.8 Å². The number of hydrogen-bond donors (Lipinski definition) is 0. The summed E-state index contributed by atoms with van der Waals surface area (Å²) in [6.07, 6.45) is 7.49. The molecule has 6 nitrogen and oxygen atoms in total. The number of nitrogens with zero attached hydrogens (tertiary/aromatic N) is 3. The highest BCUT2D eigenvalue weighted by Crippen LogP contribution is 2.34. The molecule has 2 heterocycles. The van der Waals surface area contributed by atoms with Crippen molar-refractivity contribution >= 4 is 16.9 Å². The van der Waals surface area contributed by atoms with Gasteiger partial charge in [-0.2, -0.15) is 0 Å². The van der Waals surface area contributed by atoms with Crippen LogP contribution in [0.3, 0.4) is 0 Å². The number of carbonyl (C=O) groups excluding carboxylic acids is 1. The lowest BCUT2D eigenvalue weighted by atomic mass is 9.94. The second-order valence-electron chi connectivity index (χ2n) is 9.20. The van der Waals surface area contributed by atoms with Crippen LogP contribution in [0.4, 0.5) is 0 Å². The minimum absolute atomic E-state index is 0.155. The van der Waals surface area contributed by atoms with Gasteiger partial charge in [-0.25, -0.2) is 4.98 Å². The molecule has 33 heavy (non-hydrogen) atoms. The molecule has 5 rings (SSSR count). The van der Waals surface area contributed by atoms with Gasteiger partial charge in [-0.05, 0) is 43.5 Å². The number of amides is 1. The molecule has 0 N–H and O–H groups in total. The standard InChI is InChI=1S/C27H33N3O3/c1-32-24-14-7-8-15-25(24)33-17-9-16-29-23-13-6-5-12-22(23)28-27(29)20-18-26(31)30(19-20)21-10-3-2-4-11-21/h5-8,12-15,20-21H,2-4,9-11,16-19H2,1H3. The summed E-state index contributed by atoms with van der Waals surface area (Å²) in [5.74, 6) is 3.01. The highest BCUT2D eigenvalue weighted by atomic mass is 16.5. The second kappa shape index (κ2) is 9.86. The fraction of sp³-hybridized carbons (Fsp3) is 0.481. The fourth-order valence-corrected chi connectivity index (χ4v) is 5.43. The van der Waals surface area contributed by atoms with E-state index in [1.54, 1.807) is 7.11 Å². The third-order valence-electron chi connectivity index (χ3n) is 7.08. The summed E-state index contributed by atoms with van der Waals surface area (Å²) in [5, 5.41) is 0. The number of benzene rings is 2. The van der Waals surface area contributed by atoms with Gasteiger partial charge in [0, 0.05) is 31.5 Å². The summed E-state index contributed by atoms with van der Waals surface area (Å²) in [6, 6.07) is 16.4. The number of hydrogen-bond acceptors (Lipinski definition) is 4. The van der Waals surface area contributed by atoms with Crippen molar-refractivity contribution in [1.82, 2.24) is 14.5 Å². The van der Waals surface area contributed by atoms with E-state index >= 15 is 0 Å². The molecule has 1 saturated carbocycles. The highest BCUT2D eigenvalue weighted by Gasteiger charge is 2.37. The van der Waals surface area contributed by atoms with Gasteiger partial charge in [0.25, 0.3) is 0 Å². The molecule has 2 aromatic carbocycles. The average molecular weight is 448 g/mol. The summed E-state index contributed by atoms with van der Waals surface area (Å²) in [7, 11) is 1.66. The Bertz CT molecular complexity index is 1100. The Balaban J connectivity index is 1.31. The molecule has 1 unspecified atom stereocenters. The van der Waals surface area contributed by atoms with Crippen molar-refractivity contribution < 1.29 is 14.3 Å². The first kappa shape index (κ1) is 21.8. The molecule has 1 aromatic heterocycles. The topological polar surface area (TPSA) is 56.6 Å². The van der Waals surface area contributed by atoms with Gasteiger partial charge < -0.3 is 18.9 Å². The van der Waals surface area contributed by atoms with Crippen LogP contribution in [0.15, 0.2) is 48.5 Å². The predicted molar refractivity (Wildman–Crippen MR) is 129 cm³/mol. The van der Waals surface area contributed by atoms with E-state index in [9.17, 15) is 4.79 Å². The van der Waals surface area contributed by atoms with Crippen molar-refractivity contribution in [2.45, 2.75) is 63.5 Å². The van der Waals surface area contributed by atoms with E-state index in [-0.39, 0.29) is 5.92 Å². The molecule has 1 saturated heterocycles. The minimum atomic E-state index is 0.155. The summed E-state index contributed by atoms with van der Waals surface area (Å²) >= 11 is 0. The number of para-hydroxylation sites is 4. The molecule has 0 spiro atoms. The second-order valence-corrected chi connectivity index (χ2v) is 9.20. The molecule has 3 aromatic rings. The van der Waals surface area contributed by atoms with Crippen LogP contribution in [0, 0.1) is 0 Å². The molecule has 0 bridgehead atoms. The van der Waals surface area contributed by atoms with Crippen LogP contribution < -0.4 is 9.47 Å². The van der Waals surface area contributed by atoms with E-state index in [0.29, 0.717) is 25.0 Å². The van der Waals surface area contributed by atoms with E-state index in [1.165, 1.54) is 19.3 Å². The van der Waals surface area contributed by atoms with Crippen LogP contribution in [0.5, 0.6) is 11.5 Å². The number of aromatic nitrogens is 2. The Labute approximate surface area is 195 Å². The van der Waals surface area contributed by atoms with Crippen molar-refractivity contribution in [1.29, 1.82) is 0 Å². The first-order chi connectivity index (χ1) is 16.2. The number of ether oxygens (including phenoxy) is 2. The molecule has 1 aliphatic carbocycles. The van der Waals surface area contributed by atoms with E-state index < -0.39 is 0 Å². The van der Waals surface area contributed by atoms with Gasteiger partial charge in [-0.15, -0.1) is 0 Å². The number of imidazole rings is 1. The molecule has 2 aliphatic rings. The molecule has 1 amide bonds. The predicted octanol–water partition coefficient (Wildman–Crippen LogP) is 5.16. The zero-order valence-corrected chi connectivity index (χ0v) is 19.4. The van der Waals surface area contributed by atoms with Crippen LogP contribution in [0.25, 0.3) is 11.0 Å². The zero-order valence-electron chi connectivity index (χ0n) is 19.4. The Kier molecular flexibility index (Phi) is 6.51. The number of rotatable bonds is 8. The summed E-state index contributed by atoms with van der Waals surface area (Å²) < 4.78 is 13.7. The Morgan fingerprint density at radius 3 is 2.58 bits per heavy atom. The van der Waals surface area contributed by atoms with Gasteiger partial charge in [0.2, 0.25) is 5.91 Å². The fourth-order valence-electron chi connectivity index (χ4n) is 5.43. The van der Waals surface area contributed by atoms with Crippen LogP contribution in [-0.2, 0) is 11.3 Å². The number of aryl methyl sites for hydroxylation is 1. The highest BCUT2D eigenvalue weighted by molar-refractivity contribution is 5.81. The van der Waals surface area contributed by atoms with Crippen molar-refractivity contribution in [3.63, 3.8) is 0 Å². The molecular formula is C27H33N3O3. The maximum Gasteiger partial charge on any atom is 0.223 e. The largest absolute Gasteiger partial charge is 0.493 e. The number of fused-ring (bicyclic) bond motifs is 1. The van der Waals surface area contributed by atoms with Crippen molar-refractivity contribution in [2.24, 2.45) is 0 Å². The van der Waals surface area contributed by atoms with Crippen LogP contribution in [-0.4, -0.2) is 46.7 Å². The summed E-state index contributed by atoms with van der Waals surface area (Å²) in [6.45, 7) is 2.19. The monoisotopic (exact) mass is 447 g/mol. The molecule has 1 atom stereocenters. The smallest absolute Gasteiger partial charge is 0.223 e. The van der Waals surface area contributed by atoms with Crippen LogP contribution >= 0.6 is 0 Å². The van der Waals surface area contributed by atoms with Gasteiger partial charge in [-0.1, -0.05) is 43.5 Å². The van der Waals surface area contributed by atoms with Crippen molar-refractivity contribution in [3.8, 4) is 11.5 Å². The molecule has 2 fully saturated rings. The third-order valence-corrected chi connectivity index (χ3v) is 7.08. The number of likely N-dealkylation sites (tertiary alicyclic amines) is 1. The lowest BCUT2D eigenvalue weighted by Gasteiger charge is -2.31. The first-order valence-electron chi connectivity index (χ1n) is 12.2. The average Bonchev–Trinajstić information content (AvgIpc) is 3.43. The van der Waals surface area contributed by atoms with Gasteiger partial charge >= 0.3 is 0 Å². The summed E-state index contributed by atoms with van der Waals surface area (Å²) in [5.41, 5.74) is 2.13. The Morgan fingerprint density at radius 1 is 1.00 bits per heavy atom. The third kappa shape index (κ3) is 4.56. The number of methoxy groups -OCH3 is 1. The maximum absolute atomic E-state index is 12.9. The van der Waals surface area contributed by atoms with Crippen molar-refractivity contribution in [2.75, 3.05) is 20.3 Å². The quantitative estimate of drug-likeness (QED) is 0.448. The van der Waals surface area contributed by atoms with Gasteiger partial charge in [0.1, 0.15) is 5.82 Å². The van der Waals surface area contributed by atoms with E-state index in [2.05, 4.69) is 27.7 Å². The van der Waals surface area contributed by atoms with Gasteiger partial charge in [-0.3, -0.25) is 4.79 Å². The molecule has 174 valence electrons. The lowest BCUT2D eigenvalue weighted by Crippen LogP contribution is -2.37. The SMILES string of the molecule is COc1ccccc1OCCCn1c(C2CC(=O)N(C3CCCCC3)C2)nc2ccccc21. The molecular weight excluding hydrogens is 414 g/mol. The molecule has 1 aliphatic heterocycles. The number of carbonyl (C=O) groups is 1. The normalized spacial score (nSPS) is 19.4.